The van der Waals surface area contributed by atoms with Gasteiger partial charge in [-0.15, -0.1) is 0 Å². The summed E-state index contributed by atoms with van der Waals surface area (Å²) in [7, 11) is -3.78. The van der Waals surface area contributed by atoms with Crippen LogP contribution in [0.5, 0.6) is 0 Å². The van der Waals surface area contributed by atoms with E-state index in [2.05, 4.69) is 126 Å². The van der Waals surface area contributed by atoms with Crippen LogP contribution in [0.2, 0.25) is 0 Å². The van der Waals surface area contributed by atoms with Gasteiger partial charge in [-0.3, -0.25) is 0 Å². The summed E-state index contributed by atoms with van der Waals surface area (Å²) in [5.74, 6) is 0. The van der Waals surface area contributed by atoms with Crippen LogP contribution in [0.3, 0.4) is 0 Å². The summed E-state index contributed by atoms with van der Waals surface area (Å²) < 4.78 is 34.5. The average Bonchev–Trinajstić information content (AvgIpc) is 0.845. The van der Waals surface area contributed by atoms with Crippen LogP contribution in [0.4, 0.5) is 0 Å². The molecule has 0 spiro atoms. The fourth-order valence-corrected chi connectivity index (χ4v) is 18.1. The minimum Gasteiger partial charge on any atom is -0.778 e. The van der Waals surface area contributed by atoms with Crippen molar-refractivity contribution in [2.75, 3.05) is 184 Å². The molecule has 12 N–H and O–H groups in total. The molecule has 0 aromatic rings. The molecule has 0 saturated heterocycles. The van der Waals surface area contributed by atoms with Gasteiger partial charge in [-0.25, -0.2) is 0 Å². The first-order valence-electron chi connectivity index (χ1n) is 60.0. The molecule has 1 unspecified atom stereocenters. The van der Waals surface area contributed by atoms with Crippen molar-refractivity contribution in [1.82, 2.24) is 63.8 Å². The molecule has 1 atom stereocenters. The number of nitrogens with one attached hydrogen (secondary N) is 12. The van der Waals surface area contributed by atoms with E-state index in [4.69, 9.17) is 18.7 Å². The maximum Gasteiger partial charge on any atom is 0.140 e. The van der Waals surface area contributed by atoms with Crippen molar-refractivity contribution in [2.45, 2.75) is 567 Å². The predicted molar refractivity (Wildman–Crippen MR) is 597 cm³/mol. The third kappa shape index (κ3) is 128. The van der Waals surface area contributed by atoms with E-state index in [-0.39, 0.29) is 23.4 Å². The summed E-state index contributed by atoms with van der Waals surface area (Å²) in [6.07, 6.45) is 98.1. The second-order valence-electron chi connectivity index (χ2n) is 44.8. The van der Waals surface area contributed by atoms with Crippen molar-refractivity contribution in [1.29, 1.82) is 0 Å². The normalized spacial score (nSPS) is 12.7. The molecular formula is C116H248N12O6P-. The Hall–Kier alpha value is -0.450. The van der Waals surface area contributed by atoms with Crippen molar-refractivity contribution in [3.63, 3.8) is 0 Å². The molecule has 814 valence electrons. The lowest BCUT2D eigenvalue weighted by molar-refractivity contribution is -0.204. The monoisotopic (exact) mass is 1940 g/mol. The van der Waals surface area contributed by atoms with Gasteiger partial charge < -0.3 is 92.0 Å². The van der Waals surface area contributed by atoms with Gasteiger partial charge in [-0.1, -0.05) is 355 Å². The van der Waals surface area contributed by atoms with Gasteiger partial charge in [-0.05, 0) is 348 Å². The number of hydrogen-bond acceptors (Lipinski definition) is 18. The van der Waals surface area contributed by atoms with Crippen molar-refractivity contribution in [2.24, 2.45) is 0 Å². The highest BCUT2D eigenvalue weighted by Gasteiger charge is 2.26. The van der Waals surface area contributed by atoms with Crippen LogP contribution in [0, 0.1) is 0 Å². The maximum atomic E-state index is 12.0. The van der Waals surface area contributed by atoms with Crippen molar-refractivity contribution >= 4 is 7.60 Å². The van der Waals surface area contributed by atoms with E-state index in [9.17, 15) is 9.46 Å². The third-order valence-electron chi connectivity index (χ3n) is 26.3. The molecular weight excluding hydrogens is 1690 g/mol. The van der Waals surface area contributed by atoms with E-state index in [1.807, 2.05) is 0 Å². The first kappa shape index (κ1) is 137. The van der Waals surface area contributed by atoms with Crippen LogP contribution in [-0.2, 0) is 23.3 Å². The van der Waals surface area contributed by atoms with Gasteiger partial charge in [0.1, 0.15) is 7.60 Å². The van der Waals surface area contributed by atoms with Gasteiger partial charge in [0.2, 0.25) is 0 Å². The van der Waals surface area contributed by atoms with E-state index in [0.717, 1.165) is 105 Å². The van der Waals surface area contributed by atoms with Gasteiger partial charge in [0, 0.05) is 25.0 Å². The Morgan fingerprint density at radius 2 is 0.252 bits per heavy atom. The van der Waals surface area contributed by atoms with Gasteiger partial charge >= 0.3 is 0 Å². The average molecular weight is 1940 g/mol. The minimum atomic E-state index is -3.78. The third-order valence-corrected chi connectivity index (χ3v) is 28.4. The first-order valence-corrected chi connectivity index (χ1v) is 61.6. The molecule has 0 aliphatic heterocycles. The molecule has 0 rings (SSSR count). The minimum absolute atomic E-state index is 0.0125. The molecule has 0 aromatic carbocycles. The van der Waals surface area contributed by atoms with Crippen LogP contribution < -0.4 is 68.7 Å². The standard InChI is InChI=1S/C58H125N6O4P.C58H124N6O2/c1-57(2,3)67-55-38-32-26-20-14-13-19-25-31-36-46-62-51-40-50-61-45-35-28-22-16-10-7-9-15-21-27-33-43-59-48-39-49-60-44-34-29-23-17-11-8-12-18-24-30-37-47-63-52-41-53-64-54-42-56-68-69(65,66)58(4,5)6;1-57(2,3)65-55-38-32-26-20-14-13-19-25-31-36-46-62-51-40-50-61-45-35-28-22-16-10-7-9-15-21-27-33-43-59-48-39-49-60-44-34-29-23-17-11-8-12-18-24-30-37-47-63-52-41-53-64-54-42-56-66-58(4,5)6/h59-64H,7-56H2,1-6H3,(H,65,66);59-64H,7-56H2,1-6H3/p-1. The van der Waals surface area contributed by atoms with Crippen LogP contribution in [0.15, 0.2) is 0 Å². The summed E-state index contributed by atoms with van der Waals surface area (Å²) in [5, 5.41) is 42.5. The summed E-state index contributed by atoms with van der Waals surface area (Å²) in [6.45, 7) is 54.5. The molecule has 0 radical (unpaired) electrons. The largest absolute Gasteiger partial charge is 0.778 e. The second-order valence-corrected chi connectivity index (χ2v) is 47.4. The fraction of sp³-hybridized carbons (Fsp3) is 1.00. The lowest BCUT2D eigenvalue weighted by atomic mass is 10.1. The van der Waals surface area contributed by atoms with E-state index >= 15 is 0 Å². The highest BCUT2D eigenvalue weighted by Crippen LogP contribution is 2.50. The van der Waals surface area contributed by atoms with Crippen LogP contribution in [0.25, 0.3) is 0 Å². The van der Waals surface area contributed by atoms with E-state index in [1.54, 1.807) is 20.8 Å². The summed E-state index contributed by atoms with van der Waals surface area (Å²) in [4.78, 5) is 12.0. The number of ether oxygens (including phenoxy) is 3. The summed E-state index contributed by atoms with van der Waals surface area (Å²) in [6, 6.07) is 0. The van der Waals surface area contributed by atoms with Gasteiger partial charge in [0.05, 0.1) is 23.4 Å². The molecule has 0 aliphatic rings. The molecule has 0 bridgehead atoms. The molecule has 18 nitrogen and oxygen atoms in total. The highest BCUT2D eigenvalue weighted by molar-refractivity contribution is 7.53. The highest BCUT2D eigenvalue weighted by atomic mass is 31.2. The lowest BCUT2D eigenvalue weighted by Crippen LogP contribution is -2.26. The van der Waals surface area contributed by atoms with E-state index in [0.29, 0.717) is 6.42 Å². The SMILES string of the molecule is CC(C)(C)OCCCCCCCCCCCCNCCCNCCCCCCCCCCCCCNCCCNCCCCCCCCCCCCCNCCCNCCCOC(C)(C)C.CC(C)(C)OCCCCCCCCCCCCNCCCNCCCCCCCCCCCCCNCCCNCCCCCCCCCCCCCNCCCNCCCOP(=O)([O-])C(C)(C)C. The zero-order chi connectivity index (χ0) is 98.5. The van der Waals surface area contributed by atoms with E-state index in [1.165, 1.54) is 528 Å². The number of rotatable bonds is 115. The lowest BCUT2D eigenvalue weighted by Gasteiger charge is -2.35. The van der Waals surface area contributed by atoms with Gasteiger partial charge in [0.15, 0.2) is 0 Å². The maximum absolute atomic E-state index is 12.0. The molecule has 135 heavy (non-hydrogen) atoms. The number of unbranched alkanes of at least 4 members (excludes halogenated alkanes) is 58. The van der Waals surface area contributed by atoms with Crippen LogP contribution >= 0.6 is 7.60 Å². The van der Waals surface area contributed by atoms with Gasteiger partial charge in [-0.2, -0.15) is 0 Å². The Morgan fingerprint density at radius 3 is 0.385 bits per heavy atom. The number of hydrogen-bond donors (Lipinski definition) is 12. The zero-order valence-electron chi connectivity index (χ0n) is 93.6. The molecule has 0 aliphatic carbocycles. The molecule has 19 heteroatoms. The summed E-state index contributed by atoms with van der Waals surface area (Å²) >= 11 is 0. The molecule has 0 saturated carbocycles. The Bertz CT molecular complexity index is 2160. The van der Waals surface area contributed by atoms with Crippen molar-refractivity contribution in [3.05, 3.63) is 0 Å². The summed E-state index contributed by atoms with van der Waals surface area (Å²) in [5.41, 5.74) is 0.0239. The van der Waals surface area contributed by atoms with Crippen LogP contribution in [-0.4, -0.2) is 205 Å². The first-order chi connectivity index (χ1) is 65.7. The molecule has 0 fully saturated rings. The second kappa shape index (κ2) is 111. The van der Waals surface area contributed by atoms with Gasteiger partial charge in [0.25, 0.3) is 0 Å². The molecule has 0 amide bonds. The fourth-order valence-electron chi connectivity index (χ4n) is 17.3. The topological polar surface area (TPSA) is 221 Å². The molecule has 0 heterocycles. The van der Waals surface area contributed by atoms with Crippen LogP contribution in [0.1, 0.15) is 545 Å². The smallest absolute Gasteiger partial charge is 0.140 e. The Labute approximate surface area is 845 Å². The Morgan fingerprint density at radius 1 is 0.148 bits per heavy atom. The van der Waals surface area contributed by atoms with E-state index < -0.39 is 12.8 Å². The Balaban J connectivity index is 0. The predicted octanol–water partition coefficient (Wildman–Crippen LogP) is 27.9. The Kier molecular flexibility index (Phi) is 112. The molecule has 0 aromatic heterocycles. The van der Waals surface area contributed by atoms with Crippen molar-refractivity contribution in [3.8, 4) is 0 Å². The zero-order valence-corrected chi connectivity index (χ0v) is 94.5. The quantitative estimate of drug-likeness (QED) is 0.0201. The van der Waals surface area contributed by atoms with Crippen molar-refractivity contribution < 1.29 is 28.2 Å².